The van der Waals surface area contributed by atoms with Gasteiger partial charge < -0.3 is 0 Å². The normalized spacial score (nSPS) is 33.1. The Morgan fingerprint density at radius 2 is 2.33 bits per heavy atom. The van der Waals surface area contributed by atoms with Gasteiger partial charge in [0.1, 0.15) is 0 Å². The molecule has 0 aromatic rings. The van der Waals surface area contributed by atoms with Crippen molar-refractivity contribution in [2.75, 3.05) is 0 Å². The minimum absolute atomic E-state index is 0.423. The van der Waals surface area contributed by atoms with E-state index in [1.807, 2.05) is 0 Å². The van der Waals surface area contributed by atoms with Crippen molar-refractivity contribution in [1.82, 2.24) is 0 Å². The maximum Gasteiger partial charge on any atom is 0.0435 e. The third kappa shape index (κ3) is 1.81. The monoisotopic (exact) mass is 234 g/mol. The van der Waals surface area contributed by atoms with E-state index < -0.39 is 0 Å². The molecule has 0 fully saturated rings. The van der Waals surface area contributed by atoms with Crippen molar-refractivity contribution in [3.8, 4) is 0 Å². The highest BCUT2D eigenvalue weighted by Crippen LogP contribution is 2.31. The summed E-state index contributed by atoms with van der Waals surface area (Å²) in [5.41, 5.74) is 0. The molecule has 0 N–H and O–H groups in total. The van der Waals surface area contributed by atoms with Crippen LogP contribution in [0.5, 0.6) is 0 Å². The van der Waals surface area contributed by atoms with Gasteiger partial charge in [0.2, 0.25) is 0 Å². The van der Waals surface area contributed by atoms with Gasteiger partial charge >= 0.3 is 0 Å². The van der Waals surface area contributed by atoms with Crippen molar-refractivity contribution in [2.24, 2.45) is 0 Å². The van der Waals surface area contributed by atoms with E-state index in [1.54, 1.807) is 0 Å². The van der Waals surface area contributed by atoms with Gasteiger partial charge in [0.25, 0.3) is 0 Å². The molecule has 0 spiro atoms. The molecule has 0 heterocycles. The largest absolute Gasteiger partial charge is 0.0829 e. The molecule has 0 aliphatic heterocycles. The van der Waals surface area contributed by atoms with Crippen LogP contribution in [0.3, 0.4) is 0 Å². The highest BCUT2D eigenvalue weighted by atomic mass is 127. The molecule has 0 bridgehead atoms. The van der Waals surface area contributed by atoms with Gasteiger partial charge in [-0.15, -0.1) is 0 Å². The molecule has 1 aliphatic carbocycles. The Morgan fingerprint density at radius 3 is 2.67 bits per heavy atom. The highest BCUT2D eigenvalue weighted by Gasteiger charge is 2.19. The first-order chi connectivity index (χ1) is 4.27. The Labute approximate surface area is 70.2 Å². The van der Waals surface area contributed by atoms with E-state index in [0.717, 1.165) is 0 Å². The van der Waals surface area contributed by atoms with Gasteiger partial charge in [-0.1, -0.05) is 53.8 Å². The molecule has 1 aliphatic rings. The molecule has 0 saturated carbocycles. The van der Waals surface area contributed by atoms with Crippen molar-refractivity contribution >= 4 is 22.6 Å². The molecule has 0 aromatic carbocycles. The van der Waals surface area contributed by atoms with E-state index in [9.17, 15) is 0 Å². The van der Waals surface area contributed by atoms with Crippen LogP contribution in [0.4, 0.5) is 0 Å². The summed E-state index contributed by atoms with van der Waals surface area (Å²) in [6, 6.07) is 0. The molecule has 0 amide bonds. The average molecular weight is 234 g/mol. The summed E-state index contributed by atoms with van der Waals surface area (Å²) in [7, 11) is 0. The van der Waals surface area contributed by atoms with Gasteiger partial charge in [-0.25, -0.2) is 0 Å². The Morgan fingerprint density at radius 1 is 1.56 bits per heavy atom. The third-order valence-electron chi connectivity index (χ3n) is 1.69. The average Bonchev–Trinajstić information content (AvgIpc) is 1.90. The Bertz CT molecular complexity index is 147. The zero-order chi connectivity index (χ0) is 6.74. The van der Waals surface area contributed by atoms with E-state index in [0.29, 0.717) is 3.42 Å². The SMILES string of the molecule is CCC1(I)C=CC=CC1. The second kappa shape index (κ2) is 2.86. The molecule has 0 aromatic heterocycles. The minimum Gasteiger partial charge on any atom is -0.0829 e. The van der Waals surface area contributed by atoms with E-state index in [4.69, 9.17) is 0 Å². The molecular formula is C8H11I. The van der Waals surface area contributed by atoms with Gasteiger partial charge in [0.15, 0.2) is 0 Å². The Balaban J connectivity index is 2.63. The van der Waals surface area contributed by atoms with Gasteiger partial charge in [-0.2, -0.15) is 0 Å². The summed E-state index contributed by atoms with van der Waals surface area (Å²) in [5, 5.41) is 0. The number of rotatable bonds is 1. The zero-order valence-corrected chi connectivity index (χ0v) is 7.76. The number of hydrogen-bond donors (Lipinski definition) is 0. The number of alkyl halides is 1. The molecule has 0 saturated heterocycles. The quantitative estimate of drug-likeness (QED) is 0.483. The lowest BCUT2D eigenvalue weighted by atomic mass is 9.98. The van der Waals surface area contributed by atoms with E-state index in [2.05, 4.69) is 53.8 Å². The molecule has 1 atom stereocenters. The fourth-order valence-electron chi connectivity index (χ4n) is 0.901. The maximum atomic E-state index is 2.52. The topological polar surface area (TPSA) is 0 Å². The van der Waals surface area contributed by atoms with Crippen LogP contribution in [0.1, 0.15) is 19.8 Å². The number of hydrogen-bond acceptors (Lipinski definition) is 0. The van der Waals surface area contributed by atoms with Gasteiger partial charge in [0.05, 0.1) is 0 Å². The summed E-state index contributed by atoms with van der Waals surface area (Å²) in [4.78, 5) is 0. The van der Waals surface area contributed by atoms with Gasteiger partial charge in [-0.3, -0.25) is 0 Å². The molecule has 1 rings (SSSR count). The molecule has 9 heavy (non-hydrogen) atoms. The van der Waals surface area contributed by atoms with Crippen LogP contribution in [-0.2, 0) is 0 Å². The predicted octanol–water partition coefficient (Wildman–Crippen LogP) is 3.09. The maximum absolute atomic E-state index is 2.52. The van der Waals surface area contributed by atoms with Gasteiger partial charge in [0, 0.05) is 3.42 Å². The summed E-state index contributed by atoms with van der Waals surface area (Å²) < 4.78 is 0.423. The van der Waals surface area contributed by atoms with Crippen LogP contribution in [-0.4, -0.2) is 3.42 Å². The summed E-state index contributed by atoms with van der Waals surface area (Å²) >= 11 is 2.52. The van der Waals surface area contributed by atoms with Crippen LogP contribution in [0.2, 0.25) is 0 Å². The molecule has 0 radical (unpaired) electrons. The second-order valence-corrected chi connectivity index (χ2v) is 4.53. The summed E-state index contributed by atoms with van der Waals surface area (Å²) in [6.45, 7) is 2.23. The van der Waals surface area contributed by atoms with E-state index >= 15 is 0 Å². The molecule has 1 unspecified atom stereocenters. The van der Waals surface area contributed by atoms with Crippen LogP contribution < -0.4 is 0 Å². The molecular weight excluding hydrogens is 223 g/mol. The fourth-order valence-corrected chi connectivity index (χ4v) is 1.36. The number of halogens is 1. The standard InChI is InChI=1S/C8H11I/c1-2-8(9)6-4-3-5-7-8/h3-6H,2,7H2,1H3. The predicted molar refractivity (Wildman–Crippen MR) is 49.9 cm³/mol. The zero-order valence-electron chi connectivity index (χ0n) is 5.60. The third-order valence-corrected chi connectivity index (χ3v) is 3.25. The first kappa shape index (κ1) is 7.32. The Kier molecular flexibility index (Phi) is 2.33. The smallest absolute Gasteiger partial charge is 0.0435 e. The lowest BCUT2D eigenvalue weighted by Gasteiger charge is -2.21. The summed E-state index contributed by atoms with van der Waals surface area (Å²) in [5.74, 6) is 0. The lowest BCUT2D eigenvalue weighted by molar-refractivity contribution is 0.721. The molecule has 1 heteroatoms. The Hall–Kier alpha value is 0.210. The minimum atomic E-state index is 0.423. The van der Waals surface area contributed by atoms with Crippen LogP contribution >= 0.6 is 22.6 Å². The van der Waals surface area contributed by atoms with Gasteiger partial charge in [-0.05, 0) is 12.8 Å². The van der Waals surface area contributed by atoms with Crippen LogP contribution in [0.25, 0.3) is 0 Å². The van der Waals surface area contributed by atoms with Crippen molar-refractivity contribution in [3.05, 3.63) is 24.3 Å². The van der Waals surface area contributed by atoms with E-state index in [-0.39, 0.29) is 0 Å². The molecule has 0 nitrogen and oxygen atoms in total. The lowest BCUT2D eigenvalue weighted by Crippen LogP contribution is -2.15. The summed E-state index contributed by atoms with van der Waals surface area (Å²) in [6.07, 6.45) is 11.2. The van der Waals surface area contributed by atoms with Crippen molar-refractivity contribution < 1.29 is 0 Å². The second-order valence-electron chi connectivity index (χ2n) is 2.38. The highest BCUT2D eigenvalue weighted by molar-refractivity contribution is 14.1. The van der Waals surface area contributed by atoms with E-state index in [1.165, 1.54) is 12.8 Å². The van der Waals surface area contributed by atoms with Crippen LogP contribution in [0.15, 0.2) is 24.3 Å². The first-order valence-corrected chi connectivity index (χ1v) is 4.38. The fraction of sp³-hybridized carbons (Fsp3) is 0.500. The molecule has 50 valence electrons. The van der Waals surface area contributed by atoms with Crippen molar-refractivity contribution in [3.63, 3.8) is 0 Å². The first-order valence-electron chi connectivity index (χ1n) is 3.30. The number of allylic oxidation sites excluding steroid dienone is 4. The van der Waals surface area contributed by atoms with Crippen molar-refractivity contribution in [2.45, 2.75) is 23.2 Å². The van der Waals surface area contributed by atoms with Crippen LogP contribution in [0, 0.1) is 0 Å². The van der Waals surface area contributed by atoms with Crippen molar-refractivity contribution in [1.29, 1.82) is 0 Å².